The smallest absolute Gasteiger partial charge is 0.180 e. The van der Waals surface area contributed by atoms with Gasteiger partial charge in [0, 0.05) is 16.5 Å². The summed E-state index contributed by atoms with van der Waals surface area (Å²) in [6.07, 6.45) is 3.25. The maximum Gasteiger partial charge on any atom is 0.180 e. The van der Waals surface area contributed by atoms with Crippen LogP contribution in [0.4, 0.5) is 0 Å². The number of nitrogens with zero attached hydrogens (tertiary/aromatic N) is 2. The van der Waals surface area contributed by atoms with Gasteiger partial charge in [-0.15, -0.1) is 0 Å². The van der Waals surface area contributed by atoms with Gasteiger partial charge in [0.2, 0.25) is 0 Å². The van der Waals surface area contributed by atoms with E-state index >= 15 is 0 Å². The molecule has 0 saturated heterocycles. The van der Waals surface area contributed by atoms with Gasteiger partial charge < -0.3 is 0 Å². The molecule has 4 nitrogen and oxygen atoms in total. The third-order valence-electron chi connectivity index (χ3n) is 3.59. The summed E-state index contributed by atoms with van der Waals surface area (Å²) >= 11 is 1.59. The number of hydrogen-bond donors (Lipinski definition) is 0. The van der Waals surface area contributed by atoms with Crippen molar-refractivity contribution in [3.05, 3.63) is 64.7 Å². The zero-order valence-electron chi connectivity index (χ0n) is 13.8. The minimum atomic E-state index is -3.28. The van der Waals surface area contributed by atoms with Gasteiger partial charge in [-0.05, 0) is 43.3 Å². The SMILES string of the molecule is CC(C)S(=O)(=O)c1ccc(-c2cncc(C#Cc3ccsc3)n2)cc1. The van der Waals surface area contributed by atoms with Crippen LogP contribution in [0.3, 0.4) is 0 Å². The van der Waals surface area contributed by atoms with E-state index in [0.717, 1.165) is 11.1 Å². The second kappa shape index (κ2) is 7.18. The van der Waals surface area contributed by atoms with E-state index in [9.17, 15) is 8.42 Å². The minimum Gasteiger partial charge on any atom is -0.259 e. The number of thiophene rings is 1. The highest BCUT2D eigenvalue weighted by Gasteiger charge is 2.18. The molecule has 0 N–H and O–H groups in total. The van der Waals surface area contributed by atoms with Crippen LogP contribution in [-0.2, 0) is 9.84 Å². The van der Waals surface area contributed by atoms with Gasteiger partial charge in [0.25, 0.3) is 0 Å². The Morgan fingerprint density at radius 1 is 1.04 bits per heavy atom. The summed E-state index contributed by atoms with van der Waals surface area (Å²) in [5.41, 5.74) is 2.98. The molecule has 126 valence electrons. The van der Waals surface area contributed by atoms with Crippen LogP contribution in [0.15, 0.2) is 58.4 Å². The summed E-state index contributed by atoms with van der Waals surface area (Å²) in [6, 6.07) is 8.65. The fourth-order valence-electron chi connectivity index (χ4n) is 2.12. The lowest BCUT2D eigenvalue weighted by Gasteiger charge is -2.08. The maximum atomic E-state index is 12.2. The average molecular weight is 368 g/mol. The highest BCUT2D eigenvalue weighted by molar-refractivity contribution is 7.92. The summed E-state index contributed by atoms with van der Waals surface area (Å²) in [4.78, 5) is 8.98. The topological polar surface area (TPSA) is 59.9 Å². The molecule has 25 heavy (non-hydrogen) atoms. The Labute approximate surface area is 151 Å². The van der Waals surface area contributed by atoms with E-state index in [0.29, 0.717) is 16.3 Å². The van der Waals surface area contributed by atoms with Crippen molar-refractivity contribution in [3.8, 4) is 23.1 Å². The molecule has 0 atom stereocenters. The van der Waals surface area contributed by atoms with Gasteiger partial charge in [-0.2, -0.15) is 11.3 Å². The molecule has 0 aliphatic heterocycles. The van der Waals surface area contributed by atoms with Gasteiger partial charge in [0.1, 0.15) is 5.69 Å². The molecule has 0 unspecified atom stereocenters. The number of aromatic nitrogens is 2. The third-order valence-corrected chi connectivity index (χ3v) is 6.44. The third kappa shape index (κ3) is 3.95. The van der Waals surface area contributed by atoms with Crippen molar-refractivity contribution in [1.29, 1.82) is 0 Å². The van der Waals surface area contributed by atoms with Crippen LogP contribution in [0.25, 0.3) is 11.3 Å². The standard InChI is InChI=1S/C19H16N2O2S2/c1-14(2)25(22,23)18-7-4-16(5-8-18)19-12-20-11-17(21-19)6-3-15-9-10-24-13-15/h4-5,7-14H,1-2H3. The Morgan fingerprint density at radius 3 is 2.44 bits per heavy atom. The molecule has 0 aliphatic rings. The Balaban J connectivity index is 1.89. The Kier molecular flexibility index (Phi) is 4.98. The van der Waals surface area contributed by atoms with Crippen molar-refractivity contribution < 1.29 is 8.42 Å². The molecule has 1 aromatic carbocycles. The molecule has 0 radical (unpaired) electrons. The summed E-state index contributed by atoms with van der Waals surface area (Å²) < 4.78 is 24.4. The van der Waals surface area contributed by atoms with E-state index in [2.05, 4.69) is 21.8 Å². The average Bonchev–Trinajstić information content (AvgIpc) is 3.14. The molecule has 0 spiro atoms. The molecule has 0 fully saturated rings. The van der Waals surface area contributed by atoms with Crippen LogP contribution in [0.1, 0.15) is 25.1 Å². The number of benzene rings is 1. The zero-order valence-corrected chi connectivity index (χ0v) is 15.4. The monoisotopic (exact) mass is 368 g/mol. The predicted molar refractivity (Wildman–Crippen MR) is 100 cm³/mol. The summed E-state index contributed by atoms with van der Waals surface area (Å²) in [7, 11) is -3.28. The lowest BCUT2D eigenvalue weighted by atomic mass is 10.1. The molecular weight excluding hydrogens is 352 g/mol. The quantitative estimate of drug-likeness (QED) is 0.660. The van der Waals surface area contributed by atoms with Gasteiger partial charge in [0.15, 0.2) is 9.84 Å². The minimum absolute atomic E-state index is 0.313. The number of sulfone groups is 1. The van der Waals surface area contributed by atoms with Crippen molar-refractivity contribution in [3.63, 3.8) is 0 Å². The Morgan fingerprint density at radius 2 is 1.80 bits per heavy atom. The normalized spacial score (nSPS) is 11.2. The van der Waals surface area contributed by atoms with Gasteiger partial charge in [-0.25, -0.2) is 13.4 Å². The molecule has 2 heterocycles. The first-order valence-corrected chi connectivity index (χ1v) is 10.2. The second-order valence-electron chi connectivity index (χ2n) is 5.67. The van der Waals surface area contributed by atoms with Crippen LogP contribution < -0.4 is 0 Å². The Hall–Kier alpha value is -2.49. The molecular formula is C19H16N2O2S2. The van der Waals surface area contributed by atoms with Gasteiger partial charge >= 0.3 is 0 Å². The fourth-order valence-corrected chi connectivity index (χ4v) is 3.77. The molecule has 0 amide bonds. The summed E-state index contributed by atoms with van der Waals surface area (Å²) in [6.45, 7) is 3.34. The van der Waals surface area contributed by atoms with Crippen LogP contribution in [0.5, 0.6) is 0 Å². The zero-order chi connectivity index (χ0) is 17.9. The summed E-state index contributed by atoms with van der Waals surface area (Å²) in [5, 5.41) is 3.49. The van der Waals surface area contributed by atoms with Crippen molar-refractivity contribution in [2.45, 2.75) is 24.0 Å². The molecule has 0 saturated carbocycles. The first-order chi connectivity index (χ1) is 12.0. The van der Waals surface area contributed by atoms with Crippen LogP contribution in [0, 0.1) is 11.8 Å². The maximum absolute atomic E-state index is 12.2. The fraction of sp³-hybridized carbons (Fsp3) is 0.158. The van der Waals surface area contributed by atoms with Crippen LogP contribution >= 0.6 is 11.3 Å². The van der Waals surface area contributed by atoms with Crippen molar-refractivity contribution >= 4 is 21.2 Å². The van der Waals surface area contributed by atoms with E-state index < -0.39 is 15.1 Å². The van der Waals surface area contributed by atoms with E-state index in [1.165, 1.54) is 0 Å². The predicted octanol–water partition coefficient (Wildman–Crippen LogP) is 3.79. The summed E-state index contributed by atoms with van der Waals surface area (Å²) in [5.74, 6) is 6.03. The Bertz CT molecular complexity index is 1030. The van der Waals surface area contributed by atoms with E-state index in [4.69, 9.17) is 0 Å². The molecule has 3 rings (SSSR count). The van der Waals surface area contributed by atoms with Gasteiger partial charge in [-0.1, -0.05) is 18.1 Å². The van der Waals surface area contributed by atoms with Crippen molar-refractivity contribution in [2.24, 2.45) is 0 Å². The van der Waals surface area contributed by atoms with Crippen molar-refractivity contribution in [1.82, 2.24) is 9.97 Å². The van der Waals surface area contributed by atoms with Gasteiger partial charge in [-0.3, -0.25) is 4.98 Å². The highest BCUT2D eigenvalue weighted by Crippen LogP contribution is 2.21. The van der Waals surface area contributed by atoms with E-state index in [1.54, 1.807) is 61.8 Å². The highest BCUT2D eigenvalue weighted by atomic mass is 32.2. The molecule has 0 bridgehead atoms. The van der Waals surface area contributed by atoms with Gasteiger partial charge in [0.05, 0.1) is 28.2 Å². The van der Waals surface area contributed by atoms with Crippen molar-refractivity contribution in [2.75, 3.05) is 0 Å². The lowest BCUT2D eigenvalue weighted by Crippen LogP contribution is -2.13. The first kappa shape index (κ1) is 17.3. The van der Waals surface area contributed by atoms with E-state index in [-0.39, 0.29) is 0 Å². The molecule has 3 aromatic rings. The van der Waals surface area contributed by atoms with Crippen LogP contribution in [-0.4, -0.2) is 23.6 Å². The largest absolute Gasteiger partial charge is 0.259 e. The van der Waals surface area contributed by atoms with Crippen LogP contribution in [0.2, 0.25) is 0 Å². The van der Waals surface area contributed by atoms with E-state index in [1.807, 2.05) is 16.8 Å². The molecule has 6 heteroatoms. The molecule has 2 aromatic heterocycles. The molecule has 0 aliphatic carbocycles. The lowest BCUT2D eigenvalue weighted by molar-refractivity contribution is 0.587. The number of rotatable bonds is 3. The second-order valence-corrected chi connectivity index (χ2v) is 8.95. The first-order valence-electron chi connectivity index (χ1n) is 7.67. The number of hydrogen-bond acceptors (Lipinski definition) is 5.